The molecule has 0 saturated carbocycles. The highest BCUT2D eigenvalue weighted by Crippen LogP contribution is 2.47. The molecule has 1 unspecified atom stereocenters. The molecule has 0 aliphatic carbocycles. The average Bonchev–Trinajstić information content (AvgIpc) is 3.48. The molecular formula is C26H28ClF3N6O4. The van der Waals surface area contributed by atoms with Crippen molar-refractivity contribution in [3.05, 3.63) is 51.7 Å². The van der Waals surface area contributed by atoms with Crippen LogP contribution >= 0.6 is 11.6 Å². The zero-order valence-corrected chi connectivity index (χ0v) is 22.4. The highest BCUT2D eigenvalue weighted by molar-refractivity contribution is 6.33. The number of nitrogens with zero attached hydrogens (tertiary/aromatic N) is 3. The van der Waals surface area contributed by atoms with Gasteiger partial charge in [-0.15, -0.1) is 0 Å². The second-order valence-electron chi connectivity index (χ2n) is 10.3. The van der Waals surface area contributed by atoms with Gasteiger partial charge in [-0.25, -0.2) is 10.0 Å². The topological polar surface area (TPSA) is 108 Å². The lowest BCUT2D eigenvalue weighted by Crippen LogP contribution is -2.60. The molecule has 1 aromatic rings. The van der Waals surface area contributed by atoms with E-state index in [0.29, 0.717) is 62.7 Å². The molecule has 2 atom stereocenters. The van der Waals surface area contributed by atoms with Crippen molar-refractivity contribution in [2.75, 3.05) is 38.2 Å². The molecule has 10 nitrogen and oxygen atoms in total. The van der Waals surface area contributed by atoms with E-state index in [9.17, 15) is 22.8 Å². The Hall–Kier alpha value is -3.13. The number of anilines is 1. The largest absolute Gasteiger partial charge is 0.416 e. The summed E-state index contributed by atoms with van der Waals surface area (Å²) in [5, 5.41) is 7.10. The summed E-state index contributed by atoms with van der Waals surface area (Å²) in [4.78, 5) is 33.8. The fourth-order valence-electron chi connectivity index (χ4n) is 5.95. The van der Waals surface area contributed by atoms with Crippen molar-refractivity contribution >= 4 is 34.9 Å². The Morgan fingerprint density at radius 2 is 2.08 bits per heavy atom. The van der Waals surface area contributed by atoms with E-state index < -0.39 is 35.6 Å². The molecule has 5 aliphatic heterocycles. The molecule has 40 heavy (non-hydrogen) atoms. The van der Waals surface area contributed by atoms with Gasteiger partial charge in [0.05, 0.1) is 46.9 Å². The molecular weight excluding hydrogens is 553 g/mol. The van der Waals surface area contributed by atoms with E-state index >= 15 is 0 Å². The van der Waals surface area contributed by atoms with Gasteiger partial charge in [0, 0.05) is 0 Å². The average molecular weight is 581 g/mol. The number of amidine groups is 1. The highest BCUT2D eigenvalue weighted by atomic mass is 35.5. The third-order valence-corrected chi connectivity index (χ3v) is 8.10. The molecule has 0 bridgehead atoms. The van der Waals surface area contributed by atoms with E-state index in [0.717, 1.165) is 23.8 Å². The van der Waals surface area contributed by atoms with E-state index in [1.54, 1.807) is 4.90 Å². The van der Waals surface area contributed by atoms with Gasteiger partial charge >= 0.3 is 6.18 Å². The van der Waals surface area contributed by atoms with Gasteiger partial charge in [-0.3, -0.25) is 15.0 Å². The first-order valence-electron chi connectivity index (χ1n) is 13.1. The monoisotopic (exact) mass is 580 g/mol. The van der Waals surface area contributed by atoms with Crippen LogP contribution in [0.15, 0.2) is 46.1 Å². The minimum absolute atomic E-state index is 0.0467. The summed E-state index contributed by atoms with van der Waals surface area (Å²) in [5.74, 6) is -0.248. The van der Waals surface area contributed by atoms with Gasteiger partial charge in [0.15, 0.2) is 0 Å². The number of carbonyl (C=O) groups excluding carboxylic acids is 2. The predicted molar refractivity (Wildman–Crippen MR) is 139 cm³/mol. The number of benzene rings is 1. The Bertz CT molecular complexity index is 1340. The van der Waals surface area contributed by atoms with E-state index in [-0.39, 0.29) is 23.2 Å². The van der Waals surface area contributed by atoms with Gasteiger partial charge in [-0.1, -0.05) is 17.7 Å². The molecule has 214 valence electrons. The van der Waals surface area contributed by atoms with Crippen LogP contribution in [-0.2, 0) is 25.2 Å². The highest BCUT2D eigenvalue weighted by Gasteiger charge is 2.57. The van der Waals surface area contributed by atoms with Gasteiger partial charge in [0.25, 0.3) is 5.91 Å². The normalized spacial score (nSPS) is 25.9. The Morgan fingerprint density at radius 3 is 2.75 bits per heavy atom. The lowest BCUT2D eigenvalue weighted by atomic mass is 9.83. The first kappa shape index (κ1) is 27.1. The second-order valence-corrected chi connectivity index (χ2v) is 10.7. The van der Waals surface area contributed by atoms with Gasteiger partial charge in [0.1, 0.15) is 18.0 Å². The molecule has 1 saturated heterocycles. The van der Waals surface area contributed by atoms with Crippen LogP contribution in [0.4, 0.5) is 18.9 Å². The van der Waals surface area contributed by atoms with Crippen molar-refractivity contribution in [3.8, 4) is 0 Å². The summed E-state index contributed by atoms with van der Waals surface area (Å²) in [7, 11) is 0. The van der Waals surface area contributed by atoms with Gasteiger partial charge in [-0.05, 0) is 63.0 Å². The fraction of sp³-hybridized carbons (Fsp3) is 0.500. The fourth-order valence-corrected chi connectivity index (χ4v) is 6.18. The van der Waals surface area contributed by atoms with E-state index in [4.69, 9.17) is 26.1 Å². The maximum atomic E-state index is 14.0. The Balaban J connectivity index is 1.33. The van der Waals surface area contributed by atoms with Crippen LogP contribution in [-0.4, -0.2) is 78.4 Å². The molecule has 5 aliphatic rings. The summed E-state index contributed by atoms with van der Waals surface area (Å²) in [6.45, 7) is 3.92. The summed E-state index contributed by atoms with van der Waals surface area (Å²) in [5.41, 5.74) is 3.49. The number of aliphatic imine (C=N–C) groups is 1. The van der Waals surface area contributed by atoms with Crippen LogP contribution in [0.2, 0.25) is 5.02 Å². The van der Waals surface area contributed by atoms with Crippen LogP contribution in [0.5, 0.6) is 0 Å². The van der Waals surface area contributed by atoms with Crippen molar-refractivity contribution in [2.45, 2.75) is 50.4 Å². The lowest BCUT2D eigenvalue weighted by Gasteiger charge is -2.42. The molecule has 14 heteroatoms. The molecule has 1 aromatic carbocycles. The number of hydrazine groups is 1. The number of nitrogens with one attached hydrogen (secondary N) is 3. The summed E-state index contributed by atoms with van der Waals surface area (Å²) < 4.78 is 51.1. The van der Waals surface area contributed by atoms with Crippen molar-refractivity contribution in [3.63, 3.8) is 0 Å². The van der Waals surface area contributed by atoms with E-state index in [1.807, 2.05) is 13.0 Å². The summed E-state index contributed by atoms with van der Waals surface area (Å²) in [6, 6.07) is 2.75. The molecule has 0 radical (unpaired) electrons. The number of amides is 2. The molecule has 1 spiro atoms. The standard InChI is InChI=1S/C26H28ClF3N6O4/c1-14-21-20(25(40-14)6-8-31-9-7-25)23(38)36-24(33-22(34-36)15-4-10-39-11-5-15)35(21)13-19(37)32-18-3-2-16(12-17(18)27)26(28,29)30/h2-4,12,14,24,31H,5-11,13H2,1H3,(H,32,37)(H,33,34)/t14-,24?/m1/s1. The van der Waals surface area contributed by atoms with E-state index in [1.165, 1.54) is 5.01 Å². The SMILES string of the molecule is C[C@H]1OC2(CCNCC2)C2=C1N(CC(=O)Nc1ccc(C(F)(F)F)cc1Cl)C1N=C(C3=CCOCC3)NN1C2=O. The molecule has 2 amide bonds. The smallest absolute Gasteiger partial charge is 0.377 e. The van der Waals surface area contributed by atoms with E-state index in [2.05, 4.69) is 16.1 Å². The minimum atomic E-state index is -4.56. The maximum Gasteiger partial charge on any atom is 0.416 e. The van der Waals surface area contributed by atoms with Crippen LogP contribution < -0.4 is 16.1 Å². The number of rotatable bonds is 4. The second kappa shape index (κ2) is 10.1. The minimum Gasteiger partial charge on any atom is -0.377 e. The first-order chi connectivity index (χ1) is 19.1. The molecule has 5 heterocycles. The van der Waals surface area contributed by atoms with Crippen LogP contribution in [0, 0.1) is 0 Å². The number of piperidine rings is 1. The van der Waals surface area contributed by atoms with Crippen molar-refractivity contribution in [1.29, 1.82) is 0 Å². The first-order valence-corrected chi connectivity index (χ1v) is 13.5. The Kier molecular flexibility index (Phi) is 6.80. The van der Waals surface area contributed by atoms with Gasteiger partial charge < -0.3 is 25.0 Å². The molecule has 6 rings (SSSR count). The van der Waals surface area contributed by atoms with Crippen LogP contribution in [0.3, 0.4) is 0 Å². The lowest BCUT2D eigenvalue weighted by molar-refractivity contribution is -0.139. The number of fused-ring (bicyclic) bond motifs is 2. The van der Waals surface area contributed by atoms with Crippen molar-refractivity contribution in [2.24, 2.45) is 4.99 Å². The zero-order chi connectivity index (χ0) is 28.2. The molecule has 0 aromatic heterocycles. The number of ether oxygens (including phenoxy) is 2. The van der Waals surface area contributed by atoms with Crippen LogP contribution in [0.1, 0.15) is 31.7 Å². The molecule has 3 N–H and O–H groups in total. The van der Waals surface area contributed by atoms with Crippen molar-refractivity contribution < 1.29 is 32.2 Å². The Labute approximate surface area is 233 Å². The van der Waals surface area contributed by atoms with Gasteiger partial charge in [-0.2, -0.15) is 13.2 Å². The third-order valence-electron chi connectivity index (χ3n) is 7.79. The maximum absolute atomic E-state index is 14.0. The summed E-state index contributed by atoms with van der Waals surface area (Å²) >= 11 is 6.08. The van der Waals surface area contributed by atoms with Gasteiger partial charge in [0.2, 0.25) is 12.2 Å². The van der Waals surface area contributed by atoms with Crippen LogP contribution in [0.25, 0.3) is 0 Å². The quantitative estimate of drug-likeness (QED) is 0.503. The number of hydrogen-bond acceptors (Lipinski definition) is 8. The number of halogens is 4. The number of alkyl halides is 3. The predicted octanol–water partition coefficient (Wildman–Crippen LogP) is 2.78. The third kappa shape index (κ3) is 4.64. The zero-order valence-electron chi connectivity index (χ0n) is 21.6. The number of carbonyl (C=O) groups is 2. The molecule has 1 fully saturated rings. The summed E-state index contributed by atoms with van der Waals surface area (Å²) in [6.07, 6.45) is -2.19. The van der Waals surface area contributed by atoms with Crippen molar-refractivity contribution in [1.82, 2.24) is 20.7 Å². The number of hydrogen-bond donors (Lipinski definition) is 3. The Morgan fingerprint density at radius 1 is 1.30 bits per heavy atom.